The number of nitrogens with zero attached hydrogens (tertiary/aromatic N) is 7. The molecule has 1 aliphatic heterocycles. The molecule has 0 unspecified atom stereocenters. The summed E-state index contributed by atoms with van der Waals surface area (Å²) in [6.07, 6.45) is 10.2. The van der Waals surface area contributed by atoms with Crippen molar-refractivity contribution in [1.82, 2.24) is 38.7 Å². The Morgan fingerprint density at radius 1 is 1.09 bits per heavy atom. The van der Waals surface area contributed by atoms with Crippen molar-refractivity contribution in [2.45, 2.75) is 30.7 Å². The standard InChI is InChI=1S/C23H24N8O2S/c1-2-29-9-6-16(7-10-29)23-18(13-26-28-23)17-11-20-19(24-12-17)14-27-31(20)34(32,33)22-15-25-21-5-3-4-8-30(21)22/h3-5,8,11-16H,2,6-7,9-10H2,1H3,(H,26,28). The Bertz CT molecular complexity index is 1590. The number of hydrogen-bond donors (Lipinski definition) is 1. The third-order valence-electron chi connectivity index (χ3n) is 6.69. The number of piperidine rings is 1. The second-order valence-corrected chi connectivity index (χ2v) is 10.3. The van der Waals surface area contributed by atoms with Gasteiger partial charge in [-0.25, -0.2) is 4.98 Å². The van der Waals surface area contributed by atoms with E-state index in [1.165, 1.54) is 16.8 Å². The van der Waals surface area contributed by atoms with Crippen molar-refractivity contribution in [2.24, 2.45) is 0 Å². The zero-order valence-electron chi connectivity index (χ0n) is 18.7. The molecular weight excluding hydrogens is 452 g/mol. The van der Waals surface area contributed by atoms with E-state index in [0.717, 1.165) is 53.4 Å². The van der Waals surface area contributed by atoms with E-state index in [0.29, 0.717) is 22.6 Å². The van der Waals surface area contributed by atoms with Crippen LogP contribution in [0.25, 0.3) is 27.8 Å². The highest BCUT2D eigenvalue weighted by molar-refractivity contribution is 7.90. The summed E-state index contributed by atoms with van der Waals surface area (Å²) in [5, 5.41) is 11.7. The van der Waals surface area contributed by atoms with E-state index in [1.54, 1.807) is 30.7 Å². The number of hydrogen-bond acceptors (Lipinski definition) is 7. The quantitative estimate of drug-likeness (QED) is 0.415. The molecule has 34 heavy (non-hydrogen) atoms. The minimum atomic E-state index is -3.99. The molecule has 10 nitrogen and oxygen atoms in total. The normalized spacial score (nSPS) is 16.0. The number of aromatic nitrogens is 7. The first-order chi connectivity index (χ1) is 16.6. The van der Waals surface area contributed by atoms with E-state index in [2.05, 4.69) is 37.1 Å². The predicted octanol–water partition coefficient (Wildman–Crippen LogP) is 2.91. The van der Waals surface area contributed by atoms with Gasteiger partial charge in [0.05, 0.1) is 18.6 Å². The van der Waals surface area contributed by atoms with Gasteiger partial charge in [0.25, 0.3) is 0 Å². The maximum Gasteiger partial charge on any atom is 0.301 e. The third-order valence-corrected chi connectivity index (χ3v) is 8.26. The maximum absolute atomic E-state index is 13.5. The summed E-state index contributed by atoms with van der Waals surface area (Å²) in [7, 11) is -3.99. The van der Waals surface area contributed by atoms with Crippen LogP contribution in [0.15, 0.2) is 60.3 Å². The van der Waals surface area contributed by atoms with Crippen LogP contribution in [0.3, 0.4) is 0 Å². The summed E-state index contributed by atoms with van der Waals surface area (Å²) in [4.78, 5) is 11.2. The topological polar surface area (TPSA) is 114 Å². The first-order valence-electron chi connectivity index (χ1n) is 11.3. The molecule has 11 heteroatoms. The number of likely N-dealkylation sites (tertiary alicyclic amines) is 1. The van der Waals surface area contributed by atoms with Gasteiger partial charge < -0.3 is 4.90 Å². The smallest absolute Gasteiger partial charge is 0.301 e. The molecule has 6 heterocycles. The van der Waals surface area contributed by atoms with E-state index in [-0.39, 0.29) is 5.03 Å². The van der Waals surface area contributed by atoms with Crippen LogP contribution in [0, 0.1) is 0 Å². The molecule has 1 N–H and O–H groups in total. The summed E-state index contributed by atoms with van der Waals surface area (Å²) >= 11 is 0. The van der Waals surface area contributed by atoms with Crippen molar-refractivity contribution in [3.63, 3.8) is 0 Å². The minimum absolute atomic E-state index is 0.0465. The fraction of sp³-hybridized carbons (Fsp3) is 0.304. The largest absolute Gasteiger partial charge is 0.304 e. The Kier molecular flexibility index (Phi) is 4.96. The molecule has 0 aliphatic carbocycles. The highest BCUT2D eigenvalue weighted by Gasteiger charge is 2.27. The van der Waals surface area contributed by atoms with Gasteiger partial charge >= 0.3 is 10.0 Å². The van der Waals surface area contributed by atoms with Crippen LogP contribution in [0.5, 0.6) is 0 Å². The lowest BCUT2D eigenvalue weighted by atomic mass is 9.90. The first kappa shape index (κ1) is 21.0. The molecule has 0 amide bonds. The Morgan fingerprint density at radius 3 is 2.76 bits per heavy atom. The monoisotopic (exact) mass is 476 g/mol. The molecule has 5 aromatic rings. The molecule has 6 rings (SSSR count). The van der Waals surface area contributed by atoms with E-state index < -0.39 is 10.0 Å². The molecule has 0 saturated carbocycles. The van der Waals surface area contributed by atoms with Crippen LogP contribution in [0.1, 0.15) is 31.4 Å². The highest BCUT2D eigenvalue weighted by Crippen LogP contribution is 2.34. The van der Waals surface area contributed by atoms with Crippen LogP contribution in [-0.4, -0.2) is 66.7 Å². The van der Waals surface area contributed by atoms with Gasteiger partial charge in [0, 0.05) is 35.1 Å². The highest BCUT2D eigenvalue weighted by atomic mass is 32.2. The Hall–Kier alpha value is -3.57. The van der Waals surface area contributed by atoms with Crippen molar-refractivity contribution in [3.05, 3.63) is 60.9 Å². The lowest BCUT2D eigenvalue weighted by molar-refractivity contribution is 0.221. The fourth-order valence-electron chi connectivity index (χ4n) is 4.79. The zero-order valence-corrected chi connectivity index (χ0v) is 19.5. The van der Waals surface area contributed by atoms with Crippen molar-refractivity contribution in [3.8, 4) is 11.1 Å². The summed E-state index contributed by atoms with van der Waals surface area (Å²) in [6, 6.07) is 7.16. The number of H-pyrrole nitrogens is 1. The average molecular weight is 477 g/mol. The van der Waals surface area contributed by atoms with Gasteiger partial charge in [-0.15, -0.1) is 0 Å². The summed E-state index contributed by atoms with van der Waals surface area (Å²) < 4.78 is 29.7. The number of imidazole rings is 1. The summed E-state index contributed by atoms with van der Waals surface area (Å²) in [5.41, 5.74) is 4.30. The number of aromatic amines is 1. The number of nitrogens with one attached hydrogen (secondary N) is 1. The van der Waals surface area contributed by atoms with Gasteiger partial charge in [0.2, 0.25) is 0 Å². The van der Waals surface area contributed by atoms with Crippen molar-refractivity contribution in [2.75, 3.05) is 19.6 Å². The number of rotatable bonds is 5. The van der Waals surface area contributed by atoms with Crippen LogP contribution < -0.4 is 0 Å². The van der Waals surface area contributed by atoms with Crippen molar-refractivity contribution in [1.29, 1.82) is 0 Å². The molecule has 1 aliphatic rings. The molecule has 0 atom stereocenters. The first-order valence-corrected chi connectivity index (χ1v) is 12.8. The maximum atomic E-state index is 13.5. The number of fused-ring (bicyclic) bond motifs is 2. The van der Waals surface area contributed by atoms with Crippen LogP contribution in [0.2, 0.25) is 0 Å². The lowest BCUT2D eigenvalue weighted by Crippen LogP contribution is -2.32. The van der Waals surface area contributed by atoms with E-state index in [9.17, 15) is 8.42 Å². The van der Waals surface area contributed by atoms with Gasteiger partial charge in [-0.05, 0) is 50.7 Å². The van der Waals surface area contributed by atoms with E-state index >= 15 is 0 Å². The molecule has 0 spiro atoms. The molecule has 174 valence electrons. The van der Waals surface area contributed by atoms with Crippen LogP contribution in [-0.2, 0) is 10.0 Å². The molecular formula is C23H24N8O2S. The van der Waals surface area contributed by atoms with Gasteiger partial charge in [-0.3, -0.25) is 14.5 Å². The van der Waals surface area contributed by atoms with E-state index in [1.807, 2.05) is 12.1 Å². The van der Waals surface area contributed by atoms with Crippen molar-refractivity contribution >= 4 is 26.7 Å². The van der Waals surface area contributed by atoms with Gasteiger partial charge in [0.15, 0.2) is 5.03 Å². The average Bonchev–Trinajstić information content (AvgIpc) is 3.61. The molecule has 5 aromatic heterocycles. The zero-order chi connectivity index (χ0) is 23.3. The van der Waals surface area contributed by atoms with Gasteiger partial charge in [-0.1, -0.05) is 13.0 Å². The summed E-state index contributed by atoms with van der Waals surface area (Å²) in [6.45, 7) is 5.36. The second-order valence-electron chi connectivity index (χ2n) is 8.55. The van der Waals surface area contributed by atoms with Gasteiger partial charge in [-0.2, -0.15) is 22.7 Å². The van der Waals surface area contributed by atoms with Crippen LogP contribution in [0.4, 0.5) is 0 Å². The Morgan fingerprint density at radius 2 is 1.94 bits per heavy atom. The summed E-state index contributed by atoms with van der Waals surface area (Å²) in [5.74, 6) is 0.378. The van der Waals surface area contributed by atoms with Crippen LogP contribution >= 0.6 is 0 Å². The molecule has 0 radical (unpaired) electrons. The predicted molar refractivity (Wildman–Crippen MR) is 127 cm³/mol. The Balaban J connectivity index is 1.41. The molecule has 0 aromatic carbocycles. The van der Waals surface area contributed by atoms with E-state index in [4.69, 9.17) is 0 Å². The molecule has 0 bridgehead atoms. The second kappa shape index (κ2) is 8.03. The molecule has 1 saturated heterocycles. The fourth-order valence-corrected chi connectivity index (χ4v) is 6.13. The SMILES string of the molecule is CCN1CCC(c2[nH]ncc2-c2cnc3cnn(S(=O)(=O)c4cnc5ccccn45)c3c2)CC1. The Labute approximate surface area is 196 Å². The minimum Gasteiger partial charge on any atom is -0.304 e. The lowest BCUT2D eigenvalue weighted by Gasteiger charge is -2.30. The molecule has 1 fully saturated rings. The van der Waals surface area contributed by atoms with Gasteiger partial charge in [0.1, 0.15) is 16.7 Å². The third kappa shape index (κ3) is 3.31. The number of pyridine rings is 2. The van der Waals surface area contributed by atoms with Crippen molar-refractivity contribution < 1.29 is 8.42 Å².